The highest BCUT2D eigenvalue weighted by atomic mass is 16.5. The van der Waals surface area contributed by atoms with Gasteiger partial charge in [0.05, 0.1) is 0 Å². The minimum atomic E-state index is -0.0857. The largest absolute Gasteiger partial charge is 0.484 e. The molecule has 0 fully saturated rings. The molecule has 0 N–H and O–H groups in total. The fourth-order valence-corrected chi connectivity index (χ4v) is 11.4. The summed E-state index contributed by atoms with van der Waals surface area (Å²) in [4.78, 5) is 0. The normalized spacial score (nSPS) is 20.3. The van der Waals surface area contributed by atoms with Gasteiger partial charge < -0.3 is 4.74 Å². The fraction of sp³-hybridized carbons (Fsp3) is 0.179. The SMILES string of the molecule is CC1(C)C2=C(C=C(C3C=CC=C4c5ccccc5OC43)CC2)c2cc3c(-c4ccc5c(c4)C(C)(C)c4ccccc4-5)c4ccccc4c(-c4ccccc4)c3cc21. The molecule has 1 nitrogen and oxygen atoms in total. The minimum Gasteiger partial charge on any atom is -0.484 e. The second-order valence-corrected chi connectivity index (χ2v) is 17.8. The molecule has 0 radical (unpaired) electrons. The molecule has 0 aromatic heterocycles. The number of hydrogen-bond donors (Lipinski definition) is 0. The van der Waals surface area contributed by atoms with E-state index in [1.165, 1.54) is 99.5 Å². The fourth-order valence-electron chi connectivity index (χ4n) is 11.4. The number of allylic oxidation sites excluding steroid dienone is 5. The lowest BCUT2D eigenvalue weighted by Gasteiger charge is -2.31. The van der Waals surface area contributed by atoms with Crippen molar-refractivity contribution in [2.75, 3.05) is 0 Å². The van der Waals surface area contributed by atoms with E-state index in [0.717, 1.165) is 18.6 Å². The van der Waals surface area contributed by atoms with E-state index in [2.05, 4.69) is 185 Å². The van der Waals surface area contributed by atoms with Crippen LogP contribution in [-0.4, -0.2) is 6.10 Å². The highest BCUT2D eigenvalue weighted by Crippen LogP contribution is 2.57. The van der Waals surface area contributed by atoms with Crippen molar-refractivity contribution >= 4 is 32.7 Å². The van der Waals surface area contributed by atoms with Crippen LogP contribution < -0.4 is 4.74 Å². The van der Waals surface area contributed by atoms with Crippen molar-refractivity contribution < 1.29 is 4.74 Å². The molecule has 0 saturated heterocycles. The van der Waals surface area contributed by atoms with Crippen molar-refractivity contribution in [2.24, 2.45) is 5.92 Å². The van der Waals surface area contributed by atoms with Gasteiger partial charge >= 0.3 is 0 Å². The highest BCUT2D eigenvalue weighted by Gasteiger charge is 2.43. The molecule has 0 amide bonds. The predicted octanol–water partition coefficient (Wildman–Crippen LogP) is 14.4. The molecule has 7 aromatic rings. The van der Waals surface area contributed by atoms with Gasteiger partial charge in [0.2, 0.25) is 0 Å². The van der Waals surface area contributed by atoms with E-state index >= 15 is 0 Å². The number of benzene rings is 7. The highest BCUT2D eigenvalue weighted by molar-refractivity contribution is 6.22. The Morgan fingerprint density at radius 1 is 0.526 bits per heavy atom. The molecular weight excluding hydrogens is 689 g/mol. The molecule has 2 unspecified atom stereocenters. The maximum absolute atomic E-state index is 6.71. The summed E-state index contributed by atoms with van der Waals surface area (Å²) in [5, 5.41) is 5.25. The van der Waals surface area contributed by atoms with Gasteiger partial charge in [0, 0.05) is 27.9 Å². The van der Waals surface area contributed by atoms with Crippen LogP contribution in [0, 0.1) is 5.92 Å². The molecule has 4 aliphatic carbocycles. The quantitative estimate of drug-likeness (QED) is 0.164. The summed E-state index contributed by atoms with van der Waals surface area (Å²) < 4.78 is 6.71. The maximum Gasteiger partial charge on any atom is 0.134 e. The van der Waals surface area contributed by atoms with E-state index in [1.807, 2.05) is 0 Å². The number of para-hydroxylation sites is 1. The van der Waals surface area contributed by atoms with Crippen molar-refractivity contribution in [3.8, 4) is 39.1 Å². The molecule has 7 aromatic carbocycles. The van der Waals surface area contributed by atoms with E-state index < -0.39 is 0 Å². The molecule has 2 atom stereocenters. The Kier molecular flexibility index (Phi) is 6.76. The summed E-state index contributed by atoms with van der Waals surface area (Å²) in [5.74, 6) is 1.22. The smallest absolute Gasteiger partial charge is 0.134 e. The first-order valence-electron chi connectivity index (χ1n) is 20.7. The zero-order valence-corrected chi connectivity index (χ0v) is 33.0. The summed E-state index contributed by atoms with van der Waals surface area (Å²) in [6.45, 7) is 9.70. The summed E-state index contributed by atoms with van der Waals surface area (Å²) in [6, 6.07) is 50.2. The molecule has 1 heteroatoms. The van der Waals surface area contributed by atoms with Crippen molar-refractivity contribution in [1.29, 1.82) is 0 Å². The lowest BCUT2D eigenvalue weighted by atomic mass is 9.74. The lowest BCUT2D eigenvalue weighted by Crippen LogP contribution is -2.27. The predicted molar refractivity (Wildman–Crippen MR) is 239 cm³/mol. The summed E-state index contributed by atoms with van der Waals surface area (Å²) in [5.41, 5.74) is 20.4. The first-order valence-corrected chi connectivity index (χ1v) is 20.7. The molecule has 1 aliphatic heterocycles. The summed E-state index contributed by atoms with van der Waals surface area (Å²) in [6.07, 6.45) is 11.6. The summed E-state index contributed by atoms with van der Waals surface area (Å²) in [7, 11) is 0. The van der Waals surface area contributed by atoms with E-state index in [4.69, 9.17) is 4.74 Å². The van der Waals surface area contributed by atoms with Gasteiger partial charge in [-0.3, -0.25) is 0 Å². The van der Waals surface area contributed by atoms with Gasteiger partial charge in [-0.2, -0.15) is 0 Å². The van der Waals surface area contributed by atoms with Crippen molar-refractivity contribution in [1.82, 2.24) is 0 Å². The number of rotatable bonds is 3. The van der Waals surface area contributed by atoms with Crippen LogP contribution in [0.25, 0.3) is 66.1 Å². The molecule has 0 spiro atoms. The van der Waals surface area contributed by atoms with Gasteiger partial charge in [-0.05, 0) is 120 Å². The Morgan fingerprint density at radius 2 is 1.19 bits per heavy atom. The molecule has 1 heterocycles. The Bertz CT molecular complexity index is 3030. The number of ether oxygens (including phenoxy) is 1. The molecular formula is C56H44O. The van der Waals surface area contributed by atoms with Gasteiger partial charge in [0.25, 0.3) is 0 Å². The molecule has 57 heavy (non-hydrogen) atoms. The Morgan fingerprint density at radius 3 is 2.02 bits per heavy atom. The van der Waals surface area contributed by atoms with Crippen molar-refractivity contribution in [3.63, 3.8) is 0 Å². The summed E-state index contributed by atoms with van der Waals surface area (Å²) >= 11 is 0. The second-order valence-electron chi connectivity index (χ2n) is 17.8. The molecule has 0 bridgehead atoms. The monoisotopic (exact) mass is 732 g/mol. The molecule has 12 rings (SSSR count). The number of fused-ring (bicyclic) bond motifs is 10. The Balaban J connectivity index is 1.10. The van der Waals surface area contributed by atoms with Crippen LogP contribution in [0.5, 0.6) is 5.75 Å². The third-order valence-corrected chi connectivity index (χ3v) is 14.2. The first-order chi connectivity index (χ1) is 27.8. The first kappa shape index (κ1) is 33.0. The molecule has 5 aliphatic rings. The Labute approximate surface area is 335 Å². The van der Waals surface area contributed by atoms with E-state index in [9.17, 15) is 0 Å². The maximum atomic E-state index is 6.71. The van der Waals surface area contributed by atoms with Crippen LogP contribution in [-0.2, 0) is 10.8 Å². The molecule has 274 valence electrons. The number of hydrogen-bond acceptors (Lipinski definition) is 1. The van der Waals surface area contributed by atoms with Crippen LogP contribution in [0.1, 0.15) is 68.4 Å². The van der Waals surface area contributed by atoms with Crippen molar-refractivity contribution in [2.45, 2.75) is 57.5 Å². The van der Waals surface area contributed by atoms with E-state index in [0.29, 0.717) is 0 Å². The van der Waals surface area contributed by atoms with Gasteiger partial charge in [-0.15, -0.1) is 0 Å². The van der Waals surface area contributed by atoms with Crippen molar-refractivity contribution in [3.05, 3.63) is 197 Å². The Hall–Kier alpha value is -6.18. The second kappa shape index (κ2) is 11.7. The van der Waals surface area contributed by atoms with Gasteiger partial charge in [0.15, 0.2) is 0 Å². The topological polar surface area (TPSA) is 9.23 Å². The van der Waals surface area contributed by atoms with Crippen LogP contribution in [0.4, 0.5) is 0 Å². The van der Waals surface area contributed by atoms with E-state index in [1.54, 1.807) is 5.57 Å². The van der Waals surface area contributed by atoms with Gasteiger partial charge in [0.1, 0.15) is 11.9 Å². The average molecular weight is 733 g/mol. The average Bonchev–Trinajstić information content (AvgIpc) is 3.81. The molecule has 0 saturated carbocycles. The van der Waals surface area contributed by atoms with E-state index in [-0.39, 0.29) is 22.9 Å². The minimum absolute atomic E-state index is 0.0212. The van der Waals surface area contributed by atoms with Crippen LogP contribution >= 0.6 is 0 Å². The van der Waals surface area contributed by atoms with Gasteiger partial charge in [-0.1, -0.05) is 172 Å². The van der Waals surface area contributed by atoms with Crippen LogP contribution in [0.3, 0.4) is 0 Å². The zero-order chi connectivity index (χ0) is 38.2. The van der Waals surface area contributed by atoms with Crippen LogP contribution in [0.15, 0.2) is 169 Å². The lowest BCUT2D eigenvalue weighted by molar-refractivity contribution is 0.240. The van der Waals surface area contributed by atoms with Crippen LogP contribution in [0.2, 0.25) is 0 Å². The zero-order valence-electron chi connectivity index (χ0n) is 33.0. The van der Waals surface area contributed by atoms with Gasteiger partial charge in [-0.25, -0.2) is 0 Å². The third-order valence-electron chi connectivity index (χ3n) is 14.2. The third kappa shape index (κ3) is 4.52. The standard InChI is InChI=1S/C56H44O/c1-55(2)47-23-12-10-17-37(47)38-27-25-35(30-49(38)55)53-41-20-9-8-19-40(41)52(33-15-6-5-7-16-33)46-32-50-44(31-45(46)53)43-29-34(26-28-48(43)56(50,3)4)36-21-14-22-42-39-18-11-13-24-51(39)57-54(36)42/h5-25,27,29-32,36,54H,26,28H2,1-4H3.